The molecule has 0 unspecified atom stereocenters. The number of nitrogens with one attached hydrogen (secondary N) is 2. The van der Waals surface area contributed by atoms with Crippen molar-refractivity contribution in [3.8, 4) is 11.3 Å². The number of aromatic amines is 1. The summed E-state index contributed by atoms with van der Waals surface area (Å²) in [6, 6.07) is 7.91. The summed E-state index contributed by atoms with van der Waals surface area (Å²) in [5.74, 6) is 3.37. The molecule has 0 amide bonds. The van der Waals surface area contributed by atoms with E-state index in [0.717, 1.165) is 73.0 Å². The molecule has 10 heteroatoms. The van der Waals surface area contributed by atoms with Crippen molar-refractivity contribution >= 4 is 28.7 Å². The molecule has 2 aliphatic heterocycles. The van der Waals surface area contributed by atoms with Gasteiger partial charge in [0.2, 0.25) is 5.95 Å². The number of pyridine rings is 1. The highest BCUT2D eigenvalue weighted by Gasteiger charge is 2.26. The Bertz CT molecular complexity index is 1260. The highest BCUT2D eigenvalue weighted by Crippen LogP contribution is 2.35. The van der Waals surface area contributed by atoms with Gasteiger partial charge in [-0.1, -0.05) is 0 Å². The number of hydrogen-bond acceptors (Lipinski definition) is 9. The fourth-order valence-electron chi connectivity index (χ4n) is 4.65. The Hall–Kier alpha value is -3.50. The number of hydrogen-bond donors (Lipinski definition) is 2. The summed E-state index contributed by atoms with van der Waals surface area (Å²) in [5, 5.41) is 10.7. The number of anilines is 3. The van der Waals surface area contributed by atoms with E-state index in [4.69, 9.17) is 19.1 Å². The molecule has 4 aromatic rings. The molecule has 2 saturated heterocycles. The summed E-state index contributed by atoms with van der Waals surface area (Å²) in [6.45, 7) is 5.04. The summed E-state index contributed by atoms with van der Waals surface area (Å²) >= 11 is 0. The van der Waals surface area contributed by atoms with Crippen LogP contribution in [0.1, 0.15) is 24.5 Å². The SMILES string of the molecule is CN1CCC(c2cc3nc(Nc4cc(-c5ccncc5)[nH]n4)nc(N4CCOCC4)c3o2)CC1. The van der Waals surface area contributed by atoms with Gasteiger partial charge in [-0.3, -0.25) is 10.1 Å². The van der Waals surface area contributed by atoms with E-state index in [1.807, 2.05) is 18.2 Å². The van der Waals surface area contributed by atoms with Crippen LogP contribution in [0.5, 0.6) is 0 Å². The molecule has 0 aromatic carbocycles. The predicted octanol–water partition coefficient (Wildman–Crippen LogP) is 3.40. The summed E-state index contributed by atoms with van der Waals surface area (Å²) in [7, 11) is 2.17. The molecule has 0 radical (unpaired) electrons. The van der Waals surface area contributed by atoms with Crippen LogP contribution in [0.2, 0.25) is 0 Å². The molecule has 10 nitrogen and oxygen atoms in total. The van der Waals surface area contributed by atoms with Gasteiger partial charge >= 0.3 is 0 Å². The summed E-state index contributed by atoms with van der Waals surface area (Å²) < 4.78 is 12.0. The Balaban J connectivity index is 1.33. The monoisotopic (exact) mass is 460 g/mol. The molecule has 176 valence electrons. The molecule has 2 N–H and O–H groups in total. The number of aromatic nitrogens is 5. The molecular formula is C24H28N8O2. The van der Waals surface area contributed by atoms with Crippen molar-refractivity contribution in [2.75, 3.05) is 56.7 Å². The summed E-state index contributed by atoms with van der Waals surface area (Å²) in [6.07, 6.45) is 5.70. The summed E-state index contributed by atoms with van der Waals surface area (Å²) in [4.78, 5) is 18.3. The van der Waals surface area contributed by atoms with Crippen molar-refractivity contribution in [1.29, 1.82) is 0 Å². The molecule has 0 atom stereocenters. The predicted molar refractivity (Wildman–Crippen MR) is 129 cm³/mol. The van der Waals surface area contributed by atoms with E-state index in [1.54, 1.807) is 12.4 Å². The van der Waals surface area contributed by atoms with Gasteiger partial charge in [-0.05, 0) is 45.1 Å². The maximum absolute atomic E-state index is 6.41. The second kappa shape index (κ2) is 9.03. The van der Waals surface area contributed by atoms with Crippen molar-refractivity contribution in [2.45, 2.75) is 18.8 Å². The van der Waals surface area contributed by atoms with Crippen molar-refractivity contribution < 1.29 is 9.15 Å². The second-order valence-corrected chi connectivity index (χ2v) is 8.94. The van der Waals surface area contributed by atoms with Crippen molar-refractivity contribution in [2.24, 2.45) is 0 Å². The molecule has 6 heterocycles. The van der Waals surface area contributed by atoms with Gasteiger partial charge in [-0.15, -0.1) is 0 Å². The van der Waals surface area contributed by atoms with E-state index in [1.165, 1.54) is 0 Å². The van der Waals surface area contributed by atoms with Crippen LogP contribution in [0.4, 0.5) is 17.6 Å². The number of likely N-dealkylation sites (tertiary alicyclic amines) is 1. The fraction of sp³-hybridized carbons (Fsp3) is 0.417. The zero-order valence-corrected chi connectivity index (χ0v) is 19.2. The van der Waals surface area contributed by atoms with Crippen LogP contribution >= 0.6 is 0 Å². The van der Waals surface area contributed by atoms with Crippen molar-refractivity contribution in [3.05, 3.63) is 42.4 Å². The molecule has 4 aromatic heterocycles. The van der Waals surface area contributed by atoms with E-state index in [2.05, 4.69) is 43.4 Å². The average Bonchev–Trinajstić information content (AvgIpc) is 3.52. The second-order valence-electron chi connectivity index (χ2n) is 8.94. The smallest absolute Gasteiger partial charge is 0.231 e. The van der Waals surface area contributed by atoms with Gasteiger partial charge in [0.15, 0.2) is 17.2 Å². The van der Waals surface area contributed by atoms with Crippen LogP contribution < -0.4 is 10.2 Å². The van der Waals surface area contributed by atoms with Gasteiger partial charge in [-0.25, -0.2) is 4.98 Å². The van der Waals surface area contributed by atoms with Gasteiger partial charge in [0.25, 0.3) is 0 Å². The van der Waals surface area contributed by atoms with E-state index in [0.29, 0.717) is 30.9 Å². The summed E-state index contributed by atoms with van der Waals surface area (Å²) in [5.41, 5.74) is 3.48. The van der Waals surface area contributed by atoms with E-state index < -0.39 is 0 Å². The third-order valence-corrected chi connectivity index (χ3v) is 6.61. The number of fused-ring (bicyclic) bond motifs is 1. The van der Waals surface area contributed by atoms with Gasteiger partial charge in [0, 0.05) is 49.1 Å². The number of nitrogens with zero attached hydrogens (tertiary/aromatic N) is 6. The first-order valence-electron chi connectivity index (χ1n) is 11.8. The van der Waals surface area contributed by atoms with Crippen LogP contribution in [-0.2, 0) is 4.74 Å². The number of rotatable bonds is 5. The van der Waals surface area contributed by atoms with Gasteiger partial charge in [-0.2, -0.15) is 10.1 Å². The lowest BCUT2D eigenvalue weighted by Crippen LogP contribution is -2.37. The molecule has 2 fully saturated rings. The molecular weight excluding hydrogens is 432 g/mol. The topological polar surface area (TPSA) is 108 Å². The zero-order chi connectivity index (χ0) is 22.9. The molecule has 0 aliphatic carbocycles. The molecule has 0 bridgehead atoms. The first kappa shape index (κ1) is 21.1. The van der Waals surface area contributed by atoms with Gasteiger partial charge < -0.3 is 24.3 Å². The zero-order valence-electron chi connectivity index (χ0n) is 19.2. The maximum Gasteiger partial charge on any atom is 0.231 e. The van der Waals surface area contributed by atoms with Gasteiger partial charge in [0.1, 0.15) is 11.3 Å². The molecule has 0 spiro atoms. The number of ether oxygens (including phenoxy) is 1. The normalized spacial score (nSPS) is 18.0. The van der Waals surface area contributed by atoms with Crippen LogP contribution in [0, 0.1) is 0 Å². The number of furan rings is 1. The highest BCUT2D eigenvalue weighted by atomic mass is 16.5. The van der Waals surface area contributed by atoms with Crippen molar-refractivity contribution in [3.63, 3.8) is 0 Å². The lowest BCUT2D eigenvalue weighted by molar-refractivity contribution is 0.122. The third kappa shape index (κ3) is 4.22. The third-order valence-electron chi connectivity index (χ3n) is 6.61. The largest absolute Gasteiger partial charge is 0.455 e. The highest BCUT2D eigenvalue weighted by molar-refractivity contribution is 5.86. The van der Waals surface area contributed by atoms with E-state index >= 15 is 0 Å². The van der Waals surface area contributed by atoms with Crippen LogP contribution in [0.15, 0.2) is 41.1 Å². The standard InChI is InChI=1S/C24H28N8O2/c1-31-8-4-17(5-9-31)20-14-19-22(34-20)23(32-10-12-33-13-11-32)28-24(26-19)27-21-15-18(29-30-21)16-2-6-25-7-3-16/h2-3,6-7,14-15,17H,4-5,8-13H2,1H3,(H2,26,27,28,29,30). The minimum Gasteiger partial charge on any atom is -0.455 e. The Kier molecular flexibility index (Phi) is 5.60. The maximum atomic E-state index is 6.41. The molecule has 6 rings (SSSR count). The fourth-order valence-corrected chi connectivity index (χ4v) is 4.65. The number of piperidine rings is 1. The lowest BCUT2D eigenvalue weighted by atomic mass is 9.95. The number of morpholine rings is 1. The van der Waals surface area contributed by atoms with E-state index in [-0.39, 0.29) is 0 Å². The van der Waals surface area contributed by atoms with Crippen molar-refractivity contribution in [1.82, 2.24) is 30.0 Å². The number of H-pyrrole nitrogens is 1. The molecule has 34 heavy (non-hydrogen) atoms. The Labute approximate surface area is 197 Å². The Morgan fingerprint density at radius 3 is 2.62 bits per heavy atom. The quantitative estimate of drug-likeness (QED) is 0.463. The van der Waals surface area contributed by atoms with Crippen LogP contribution in [0.25, 0.3) is 22.4 Å². The molecule has 2 aliphatic rings. The Morgan fingerprint density at radius 2 is 1.82 bits per heavy atom. The van der Waals surface area contributed by atoms with E-state index in [9.17, 15) is 0 Å². The molecule has 0 saturated carbocycles. The lowest BCUT2D eigenvalue weighted by Gasteiger charge is -2.28. The first-order chi connectivity index (χ1) is 16.7. The first-order valence-corrected chi connectivity index (χ1v) is 11.8. The minimum absolute atomic E-state index is 0.411. The Morgan fingerprint density at radius 1 is 1.03 bits per heavy atom. The van der Waals surface area contributed by atoms with Gasteiger partial charge in [0.05, 0.1) is 18.9 Å². The van der Waals surface area contributed by atoms with Crippen LogP contribution in [-0.4, -0.2) is 76.5 Å². The van der Waals surface area contributed by atoms with Crippen LogP contribution in [0.3, 0.4) is 0 Å². The average molecular weight is 461 g/mol. The minimum atomic E-state index is 0.411.